The molecule has 0 unspecified atom stereocenters. The van der Waals surface area contributed by atoms with Crippen LogP contribution in [-0.2, 0) is 0 Å². The van der Waals surface area contributed by atoms with Gasteiger partial charge in [-0.3, -0.25) is 0 Å². The molecule has 0 N–H and O–H groups in total. The van der Waals surface area contributed by atoms with Gasteiger partial charge in [-0.1, -0.05) is 58.0 Å². The molecule has 0 heterocycles. The molecule has 19 heavy (non-hydrogen) atoms. The maximum atomic E-state index is 2.47. The zero-order valence-corrected chi connectivity index (χ0v) is 13.0. The van der Waals surface area contributed by atoms with Crippen LogP contribution in [0.3, 0.4) is 0 Å². The third kappa shape index (κ3) is 7.71. The van der Waals surface area contributed by atoms with Gasteiger partial charge in [0.15, 0.2) is 0 Å². The normalized spacial score (nSPS) is 11.7. The van der Waals surface area contributed by atoms with Crippen molar-refractivity contribution in [3.05, 3.63) is 42.1 Å². The fourth-order valence-corrected chi connectivity index (χ4v) is 1.86. The van der Waals surface area contributed by atoms with E-state index >= 15 is 0 Å². The highest BCUT2D eigenvalue weighted by Crippen LogP contribution is 2.09. The average molecular weight is 259 g/mol. The molecule has 0 aliphatic heterocycles. The molecule has 1 aromatic rings. The first-order chi connectivity index (χ1) is 9.08. The van der Waals surface area contributed by atoms with Gasteiger partial charge in [0.25, 0.3) is 0 Å². The van der Waals surface area contributed by atoms with Crippen LogP contribution in [0.25, 0.3) is 6.08 Å². The Morgan fingerprint density at radius 1 is 0.895 bits per heavy atom. The summed E-state index contributed by atoms with van der Waals surface area (Å²) in [6.07, 6.45) is 7.01. The van der Waals surface area contributed by atoms with Gasteiger partial charge in [-0.05, 0) is 42.5 Å². The lowest BCUT2D eigenvalue weighted by Crippen LogP contribution is -2.22. The minimum atomic E-state index is 0.770. The summed E-state index contributed by atoms with van der Waals surface area (Å²) in [7, 11) is 0. The molecule has 0 atom stereocenters. The van der Waals surface area contributed by atoms with Crippen molar-refractivity contribution in [2.45, 2.75) is 40.5 Å². The van der Waals surface area contributed by atoms with Gasteiger partial charge in [0.2, 0.25) is 0 Å². The number of hydrogen-bond donors (Lipinski definition) is 0. The minimum Gasteiger partial charge on any atom is -0.377 e. The maximum absolute atomic E-state index is 2.47. The van der Waals surface area contributed by atoms with Crippen LogP contribution in [0.5, 0.6) is 0 Å². The van der Waals surface area contributed by atoms with E-state index in [1.165, 1.54) is 18.4 Å². The lowest BCUT2D eigenvalue weighted by molar-refractivity contribution is 0.324. The van der Waals surface area contributed by atoms with Crippen molar-refractivity contribution in [1.82, 2.24) is 4.90 Å². The molecule has 0 aliphatic carbocycles. The summed E-state index contributed by atoms with van der Waals surface area (Å²) >= 11 is 0. The Balaban J connectivity index is 2.54. The van der Waals surface area contributed by atoms with Crippen LogP contribution in [-0.4, -0.2) is 18.0 Å². The van der Waals surface area contributed by atoms with Crippen LogP contribution in [0.4, 0.5) is 0 Å². The van der Waals surface area contributed by atoms with Crippen molar-refractivity contribution in [2.75, 3.05) is 13.1 Å². The minimum absolute atomic E-state index is 0.770. The van der Waals surface area contributed by atoms with Crippen molar-refractivity contribution >= 4 is 6.08 Å². The van der Waals surface area contributed by atoms with Crippen LogP contribution < -0.4 is 0 Å². The molecule has 0 amide bonds. The van der Waals surface area contributed by atoms with Crippen LogP contribution in [0.15, 0.2) is 36.5 Å². The van der Waals surface area contributed by atoms with Crippen LogP contribution in [0, 0.1) is 11.8 Å². The highest BCUT2D eigenvalue weighted by molar-refractivity contribution is 5.48. The van der Waals surface area contributed by atoms with Gasteiger partial charge >= 0.3 is 0 Å². The van der Waals surface area contributed by atoms with E-state index in [1.54, 1.807) is 0 Å². The largest absolute Gasteiger partial charge is 0.377 e. The van der Waals surface area contributed by atoms with E-state index in [9.17, 15) is 0 Å². The Morgan fingerprint density at radius 3 is 1.89 bits per heavy atom. The molecular weight excluding hydrogens is 230 g/mol. The first-order valence-corrected chi connectivity index (χ1v) is 7.55. The molecule has 0 fully saturated rings. The molecule has 0 bridgehead atoms. The van der Waals surface area contributed by atoms with Gasteiger partial charge in [-0.2, -0.15) is 0 Å². The first-order valence-electron chi connectivity index (χ1n) is 7.55. The molecule has 106 valence electrons. The summed E-state index contributed by atoms with van der Waals surface area (Å²) < 4.78 is 0. The molecular formula is C18H29N. The number of rotatable bonds is 8. The molecule has 0 saturated carbocycles. The standard InChI is InChI=1S/C18H29N/c1-16(2)10-13-19(14-11-17(3)4)15-12-18-8-6-5-7-9-18/h5-9,12,15-17H,10-11,13-14H2,1-4H3. The van der Waals surface area contributed by atoms with E-state index < -0.39 is 0 Å². The van der Waals surface area contributed by atoms with Gasteiger partial charge in [-0.25, -0.2) is 0 Å². The Hall–Kier alpha value is -1.24. The summed E-state index contributed by atoms with van der Waals surface area (Å²) in [5.74, 6) is 1.54. The summed E-state index contributed by atoms with van der Waals surface area (Å²) in [4.78, 5) is 2.47. The summed E-state index contributed by atoms with van der Waals surface area (Å²) in [6, 6.07) is 10.5. The van der Waals surface area contributed by atoms with Crippen molar-refractivity contribution in [3.63, 3.8) is 0 Å². The second kappa shape index (κ2) is 8.79. The lowest BCUT2D eigenvalue weighted by Gasteiger charge is -2.22. The van der Waals surface area contributed by atoms with Crippen LogP contribution in [0.2, 0.25) is 0 Å². The lowest BCUT2D eigenvalue weighted by atomic mass is 10.1. The molecule has 0 saturated heterocycles. The van der Waals surface area contributed by atoms with Crippen molar-refractivity contribution in [3.8, 4) is 0 Å². The van der Waals surface area contributed by atoms with E-state index in [0.29, 0.717) is 0 Å². The van der Waals surface area contributed by atoms with Crippen molar-refractivity contribution < 1.29 is 0 Å². The Morgan fingerprint density at radius 2 is 1.42 bits per heavy atom. The second-order valence-electron chi connectivity index (χ2n) is 6.13. The van der Waals surface area contributed by atoms with Gasteiger partial charge in [0.1, 0.15) is 0 Å². The summed E-state index contributed by atoms with van der Waals surface area (Å²) in [5.41, 5.74) is 1.28. The van der Waals surface area contributed by atoms with Crippen LogP contribution in [0.1, 0.15) is 46.1 Å². The fraction of sp³-hybridized carbons (Fsp3) is 0.556. The third-order valence-corrected chi connectivity index (χ3v) is 3.26. The first kappa shape index (κ1) is 15.8. The fourth-order valence-electron chi connectivity index (χ4n) is 1.86. The van der Waals surface area contributed by atoms with Crippen LogP contribution >= 0.6 is 0 Å². The molecule has 0 radical (unpaired) electrons. The predicted molar refractivity (Wildman–Crippen MR) is 86.0 cm³/mol. The van der Waals surface area contributed by atoms with Gasteiger partial charge in [0.05, 0.1) is 0 Å². The van der Waals surface area contributed by atoms with Gasteiger partial charge < -0.3 is 4.90 Å². The average Bonchev–Trinajstić information content (AvgIpc) is 2.38. The highest BCUT2D eigenvalue weighted by atomic mass is 15.1. The summed E-state index contributed by atoms with van der Waals surface area (Å²) in [5, 5.41) is 0. The van der Waals surface area contributed by atoms with E-state index in [0.717, 1.165) is 24.9 Å². The summed E-state index contributed by atoms with van der Waals surface area (Å²) in [6.45, 7) is 11.5. The zero-order valence-electron chi connectivity index (χ0n) is 13.0. The molecule has 1 nitrogen and oxygen atoms in total. The molecule has 0 aliphatic rings. The van der Waals surface area contributed by atoms with Crippen molar-refractivity contribution in [1.29, 1.82) is 0 Å². The van der Waals surface area contributed by atoms with E-state index in [1.807, 2.05) is 0 Å². The SMILES string of the molecule is CC(C)CCN(C=Cc1ccccc1)CCC(C)C. The van der Waals surface area contributed by atoms with E-state index in [2.05, 4.69) is 75.2 Å². The second-order valence-corrected chi connectivity index (χ2v) is 6.13. The Kier molecular flexibility index (Phi) is 7.32. The number of nitrogens with zero attached hydrogens (tertiary/aromatic N) is 1. The number of hydrogen-bond acceptors (Lipinski definition) is 1. The van der Waals surface area contributed by atoms with E-state index in [4.69, 9.17) is 0 Å². The molecule has 0 spiro atoms. The molecule has 0 aromatic heterocycles. The maximum Gasteiger partial charge on any atom is 0.0174 e. The molecule has 1 rings (SSSR count). The number of benzene rings is 1. The van der Waals surface area contributed by atoms with Gasteiger partial charge in [0, 0.05) is 13.1 Å². The Bertz CT molecular complexity index is 339. The quantitative estimate of drug-likeness (QED) is 0.631. The van der Waals surface area contributed by atoms with Gasteiger partial charge in [-0.15, -0.1) is 0 Å². The molecule has 1 heteroatoms. The monoisotopic (exact) mass is 259 g/mol. The molecule has 1 aromatic carbocycles. The zero-order chi connectivity index (χ0) is 14.1. The topological polar surface area (TPSA) is 3.24 Å². The smallest absolute Gasteiger partial charge is 0.0174 e. The van der Waals surface area contributed by atoms with Crippen molar-refractivity contribution in [2.24, 2.45) is 11.8 Å². The third-order valence-electron chi connectivity index (χ3n) is 3.26. The van der Waals surface area contributed by atoms with E-state index in [-0.39, 0.29) is 0 Å². The predicted octanol–water partition coefficient (Wildman–Crippen LogP) is 5.05. The highest BCUT2D eigenvalue weighted by Gasteiger charge is 2.03. The Labute approximate surface area is 119 Å².